The first kappa shape index (κ1) is 22.5. The van der Waals surface area contributed by atoms with Gasteiger partial charge in [-0.1, -0.05) is 0 Å². The Balaban J connectivity index is 2.04. The summed E-state index contributed by atoms with van der Waals surface area (Å²) < 4.78 is 10.0. The van der Waals surface area contributed by atoms with Crippen molar-refractivity contribution < 1.29 is 33.4 Å². The lowest BCUT2D eigenvalue weighted by Crippen LogP contribution is -2.12. The van der Waals surface area contributed by atoms with Crippen LogP contribution in [-0.2, 0) is 9.47 Å². The molecular weight excluding hydrogens is 796 g/mol. The molecule has 0 N–H and O–H groups in total. The number of ether oxygens (including phenoxy) is 2. The van der Waals surface area contributed by atoms with Crippen LogP contribution in [0.25, 0.3) is 0 Å². The van der Waals surface area contributed by atoms with E-state index in [0.29, 0.717) is 0 Å². The van der Waals surface area contributed by atoms with Crippen molar-refractivity contribution in [2.24, 2.45) is 0 Å². The van der Waals surface area contributed by atoms with E-state index in [2.05, 4.69) is 105 Å². The van der Waals surface area contributed by atoms with Crippen LogP contribution in [0.4, 0.5) is 0 Å². The molecule has 0 aromatic heterocycles. The van der Waals surface area contributed by atoms with Crippen molar-refractivity contribution in [3.05, 3.63) is 60.2 Å². The van der Waals surface area contributed by atoms with Gasteiger partial charge in [-0.25, -0.2) is 19.2 Å². The van der Waals surface area contributed by atoms with E-state index in [1.165, 1.54) is 0 Å². The maximum Gasteiger partial charge on any atom is 0.348 e. The lowest BCUT2D eigenvalue weighted by atomic mass is 9.96. The van der Waals surface area contributed by atoms with Crippen molar-refractivity contribution in [3.63, 3.8) is 0 Å². The highest BCUT2D eigenvalue weighted by Crippen LogP contribution is 2.47. The zero-order valence-corrected chi connectivity index (χ0v) is 23.1. The molecule has 2 aromatic rings. The molecule has 0 atom stereocenters. The van der Waals surface area contributed by atoms with Gasteiger partial charge in [-0.2, -0.15) is 0 Å². The first-order valence-corrected chi connectivity index (χ1v) is 12.2. The van der Waals surface area contributed by atoms with Crippen LogP contribution in [0.5, 0.6) is 0 Å². The van der Waals surface area contributed by atoms with Crippen LogP contribution in [-0.4, -0.2) is 29.7 Å². The smallest absolute Gasteiger partial charge is 0.348 e. The van der Waals surface area contributed by atoms with Gasteiger partial charge in [0.2, 0.25) is 0 Å². The lowest BCUT2D eigenvalue weighted by molar-refractivity contribution is 0.0425. The number of benzene rings is 2. The predicted molar refractivity (Wildman–Crippen MR) is 122 cm³/mol. The monoisotopic (exact) mass is 789 g/mol. The van der Waals surface area contributed by atoms with Gasteiger partial charge >= 0.3 is 23.9 Å². The van der Waals surface area contributed by atoms with Gasteiger partial charge in [0.15, 0.2) is 5.78 Å². The van der Waals surface area contributed by atoms with E-state index in [-0.39, 0.29) is 60.2 Å². The third kappa shape index (κ3) is 2.99. The predicted octanol–water partition coefficient (Wildman–Crippen LogP) is 6.11. The minimum absolute atomic E-state index is 0.0155. The van der Waals surface area contributed by atoms with Crippen LogP contribution in [0.3, 0.4) is 0 Å². The summed E-state index contributed by atoms with van der Waals surface area (Å²) >= 11 is 19.4. The van der Waals surface area contributed by atoms with Crippen molar-refractivity contribution in [2.45, 2.75) is 0 Å². The fourth-order valence-electron chi connectivity index (χ4n) is 2.98. The van der Waals surface area contributed by atoms with Crippen LogP contribution in [0.15, 0.2) is 26.8 Å². The zero-order chi connectivity index (χ0) is 22.2. The SMILES string of the molecule is O=C(c1c(Br)c(Br)c2c(c1Br)C(=O)OC2=O)c1c(Br)c(Br)c2c(c1Br)C(=O)OC2=O. The molecule has 152 valence electrons. The molecule has 0 radical (unpaired) electrons. The summed E-state index contributed by atoms with van der Waals surface area (Å²) in [4.78, 5) is 61.9. The molecule has 0 fully saturated rings. The summed E-state index contributed by atoms with van der Waals surface area (Å²) in [6.07, 6.45) is 0. The summed E-state index contributed by atoms with van der Waals surface area (Å²) in [7, 11) is 0. The second-order valence-corrected chi connectivity index (χ2v) is 10.6. The fourth-order valence-corrected chi connectivity index (χ4v) is 7.26. The van der Waals surface area contributed by atoms with E-state index >= 15 is 0 Å². The third-order valence-corrected chi connectivity index (χ3v) is 10.1. The van der Waals surface area contributed by atoms with E-state index in [1.54, 1.807) is 0 Å². The average Bonchev–Trinajstić information content (AvgIpc) is 3.13. The highest BCUT2D eigenvalue weighted by atomic mass is 79.9. The van der Waals surface area contributed by atoms with E-state index < -0.39 is 29.7 Å². The molecule has 2 aliphatic heterocycles. The Bertz CT molecular complexity index is 1200. The van der Waals surface area contributed by atoms with Crippen molar-refractivity contribution in [1.29, 1.82) is 0 Å². The molecule has 7 nitrogen and oxygen atoms in total. The van der Waals surface area contributed by atoms with Crippen molar-refractivity contribution in [1.82, 2.24) is 0 Å². The first-order chi connectivity index (χ1) is 14.0. The number of fused-ring (bicyclic) bond motifs is 2. The maximum absolute atomic E-state index is 13.6. The Morgan fingerprint density at radius 3 is 1.03 bits per heavy atom. The number of hydrogen-bond donors (Lipinski definition) is 0. The molecule has 30 heavy (non-hydrogen) atoms. The topological polar surface area (TPSA) is 104 Å². The number of rotatable bonds is 2. The Morgan fingerprint density at radius 1 is 0.467 bits per heavy atom. The molecule has 13 heteroatoms. The summed E-state index contributed by atoms with van der Waals surface area (Å²) in [6, 6.07) is 0. The molecule has 0 amide bonds. The number of cyclic esters (lactones) is 4. The van der Waals surface area contributed by atoms with Crippen LogP contribution in [0.2, 0.25) is 0 Å². The molecular formula is C17Br6O7. The van der Waals surface area contributed by atoms with E-state index in [9.17, 15) is 24.0 Å². The number of hydrogen-bond acceptors (Lipinski definition) is 7. The Morgan fingerprint density at radius 2 is 0.733 bits per heavy atom. The standard InChI is InChI=1S/C17Br6O7/c18-7-1-3(16(27)29-14(1)25)9(20)11(22)5(7)13(24)6-8(19)2-4(10(21)12(6)23)17(28)30-15(2)26. The van der Waals surface area contributed by atoms with Gasteiger partial charge in [0, 0.05) is 26.8 Å². The molecule has 0 saturated carbocycles. The Labute approximate surface area is 217 Å². The summed E-state index contributed by atoms with van der Waals surface area (Å²) in [5.41, 5.74) is -0.312. The van der Waals surface area contributed by atoms with Crippen molar-refractivity contribution in [2.75, 3.05) is 0 Å². The zero-order valence-electron chi connectivity index (χ0n) is 13.6. The van der Waals surface area contributed by atoms with Gasteiger partial charge in [-0.15, -0.1) is 0 Å². The largest absolute Gasteiger partial charge is 0.386 e. The van der Waals surface area contributed by atoms with Gasteiger partial charge in [-0.3, -0.25) is 4.79 Å². The molecule has 0 bridgehead atoms. The van der Waals surface area contributed by atoms with Gasteiger partial charge in [0.25, 0.3) is 0 Å². The van der Waals surface area contributed by atoms with Gasteiger partial charge in [-0.05, 0) is 95.6 Å². The molecule has 4 rings (SSSR count). The van der Waals surface area contributed by atoms with Crippen LogP contribution in [0.1, 0.15) is 57.4 Å². The number of carbonyl (C=O) groups excluding carboxylic acids is 5. The maximum atomic E-state index is 13.6. The van der Waals surface area contributed by atoms with Crippen LogP contribution < -0.4 is 0 Å². The molecule has 0 unspecified atom stereocenters. The molecule has 2 heterocycles. The second-order valence-electron chi connectivity index (χ2n) is 5.82. The number of carbonyl (C=O) groups is 5. The number of halogens is 6. The summed E-state index contributed by atoms with van der Waals surface area (Å²) in [5.74, 6) is -4.17. The Hall–Kier alpha value is -0.730. The van der Waals surface area contributed by atoms with Crippen LogP contribution in [0, 0.1) is 0 Å². The van der Waals surface area contributed by atoms with Crippen LogP contribution >= 0.6 is 95.6 Å². The minimum atomic E-state index is -0.911. The highest BCUT2D eigenvalue weighted by Gasteiger charge is 2.42. The highest BCUT2D eigenvalue weighted by molar-refractivity contribution is 9.13. The van der Waals surface area contributed by atoms with Crippen molar-refractivity contribution in [3.8, 4) is 0 Å². The summed E-state index contributed by atoms with van der Waals surface area (Å²) in [6.45, 7) is 0. The molecule has 0 aliphatic carbocycles. The second kappa shape index (κ2) is 7.69. The molecule has 2 aromatic carbocycles. The number of ketones is 1. The molecule has 0 saturated heterocycles. The normalized spacial score (nSPS) is 14.6. The van der Waals surface area contributed by atoms with Crippen molar-refractivity contribution >= 4 is 125 Å². The fraction of sp³-hybridized carbons (Fsp3) is 0. The average molecular weight is 796 g/mol. The van der Waals surface area contributed by atoms with E-state index in [1.807, 2.05) is 0 Å². The van der Waals surface area contributed by atoms with Gasteiger partial charge in [0.1, 0.15) is 0 Å². The minimum Gasteiger partial charge on any atom is -0.386 e. The quantitative estimate of drug-likeness (QED) is 0.157. The molecule has 0 spiro atoms. The third-order valence-electron chi connectivity index (χ3n) is 4.28. The van der Waals surface area contributed by atoms with Gasteiger partial charge < -0.3 is 9.47 Å². The van der Waals surface area contributed by atoms with E-state index in [0.717, 1.165) is 0 Å². The Kier molecular flexibility index (Phi) is 5.76. The van der Waals surface area contributed by atoms with E-state index in [4.69, 9.17) is 0 Å². The first-order valence-electron chi connectivity index (χ1n) is 7.47. The summed E-state index contributed by atoms with van der Waals surface area (Å²) in [5, 5.41) is 0. The molecule has 2 aliphatic rings. The number of esters is 4. The lowest BCUT2D eigenvalue weighted by Gasteiger charge is -2.15. The van der Waals surface area contributed by atoms with Gasteiger partial charge in [0.05, 0.1) is 33.4 Å².